The molecule has 0 saturated heterocycles. The van der Waals surface area contributed by atoms with Crippen LogP contribution in [0.15, 0.2) is 42.6 Å². The number of hydrogen-bond acceptors (Lipinski definition) is 3. The minimum Gasteiger partial charge on any atom is -0.326 e. The van der Waals surface area contributed by atoms with Crippen molar-refractivity contribution < 1.29 is 0 Å². The van der Waals surface area contributed by atoms with Crippen LogP contribution in [0, 0.1) is 0 Å². The zero-order chi connectivity index (χ0) is 12.5. The summed E-state index contributed by atoms with van der Waals surface area (Å²) >= 11 is 5.86. The molecule has 3 rings (SSSR count). The highest BCUT2D eigenvalue weighted by Gasteiger charge is 2.06. The molecule has 0 spiro atoms. The van der Waals surface area contributed by atoms with Gasteiger partial charge in [-0.2, -0.15) is 0 Å². The highest BCUT2D eigenvalue weighted by molar-refractivity contribution is 6.30. The van der Waals surface area contributed by atoms with Gasteiger partial charge in [0, 0.05) is 23.3 Å². The maximum atomic E-state index is 5.86. The van der Waals surface area contributed by atoms with Crippen LogP contribution in [-0.2, 0) is 6.54 Å². The average molecular weight is 259 g/mol. The third-order valence-corrected chi connectivity index (χ3v) is 2.99. The van der Waals surface area contributed by atoms with E-state index in [1.165, 1.54) is 0 Å². The van der Waals surface area contributed by atoms with Gasteiger partial charge in [0.2, 0.25) is 0 Å². The van der Waals surface area contributed by atoms with Gasteiger partial charge in [0.15, 0.2) is 11.5 Å². The quantitative estimate of drug-likeness (QED) is 0.768. The molecule has 0 unspecified atom stereocenters. The molecule has 0 amide bonds. The molecule has 1 aromatic carbocycles. The first-order valence-corrected chi connectivity index (χ1v) is 5.95. The van der Waals surface area contributed by atoms with Crippen LogP contribution in [0.2, 0.25) is 5.02 Å². The number of hydrogen-bond donors (Lipinski definition) is 1. The lowest BCUT2D eigenvalue weighted by atomic mass is 10.2. The second-order valence-electron chi connectivity index (χ2n) is 3.98. The van der Waals surface area contributed by atoms with Crippen LogP contribution in [-0.4, -0.2) is 14.6 Å². The first-order valence-electron chi connectivity index (χ1n) is 5.57. The summed E-state index contributed by atoms with van der Waals surface area (Å²) in [7, 11) is 0. The second-order valence-corrected chi connectivity index (χ2v) is 4.42. The lowest BCUT2D eigenvalue weighted by Gasteiger charge is -1.95. The Morgan fingerprint density at radius 1 is 1.17 bits per heavy atom. The molecule has 0 bridgehead atoms. The molecular weight excluding hydrogens is 248 g/mol. The number of benzene rings is 1. The molecule has 3 aromatic rings. The molecule has 2 heterocycles. The van der Waals surface area contributed by atoms with Crippen molar-refractivity contribution in [2.75, 3.05) is 0 Å². The topological polar surface area (TPSA) is 56.2 Å². The van der Waals surface area contributed by atoms with Crippen molar-refractivity contribution in [3.63, 3.8) is 0 Å². The summed E-state index contributed by atoms with van der Waals surface area (Å²) in [5.74, 6) is 0.681. The van der Waals surface area contributed by atoms with Gasteiger partial charge in [-0.3, -0.25) is 0 Å². The lowest BCUT2D eigenvalue weighted by molar-refractivity contribution is 0.951. The van der Waals surface area contributed by atoms with Gasteiger partial charge in [-0.15, -0.1) is 5.10 Å². The van der Waals surface area contributed by atoms with E-state index in [0.29, 0.717) is 17.4 Å². The van der Waals surface area contributed by atoms with E-state index in [1.807, 2.05) is 42.6 Å². The summed E-state index contributed by atoms with van der Waals surface area (Å²) < 4.78 is 1.74. The Labute approximate surface area is 109 Å². The minimum absolute atomic E-state index is 0.500. The monoisotopic (exact) mass is 258 g/mol. The molecule has 0 radical (unpaired) electrons. The van der Waals surface area contributed by atoms with Gasteiger partial charge in [-0.1, -0.05) is 11.6 Å². The van der Waals surface area contributed by atoms with Gasteiger partial charge < -0.3 is 5.73 Å². The predicted molar refractivity (Wildman–Crippen MR) is 71.3 cm³/mol. The number of nitrogens with two attached hydrogens (primary N) is 1. The third kappa shape index (κ3) is 1.96. The summed E-state index contributed by atoms with van der Waals surface area (Å²) in [6, 6.07) is 11.3. The average Bonchev–Trinajstić information content (AvgIpc) is 2.82. The van der Waals surface area contributed by atoms with E-state index in [-0.39, 0.29) is 0 Å². The number of pyridine rings is 1. The normalized spacial score (nSPS) is 11.0. The van der Waals surface area contributed by atoms with E-state index in [4.69, 9.17) is 17.3 Å². The molecule has 2 aromatic heterocycles. The van der Waals surface area contributed by atoms with Gasteiger partial charge in [-0.25, -0.2) is 9.50 Å². The Kier molecular flexibility index (Phi) is 2.74. The molecule has 0 aliphatic heterocycles. The highest BCUT2D eigenvalue weighted by Crippen LogP contribution is 2.19. The number of halogens is 1. The van der Waals surface area contributed by atoms with Gasteiger partial charge in [-0.05, 0) is 42.0 Å². The number of fused-ring (bicyclic) bond motifs is 1. The predicted octanol–water partition coefficient (Wildman–Crippen LogP) is 2.51. The van der Waals surface area contributed by atoms with Crippen LogP contribution >= 0.6 is 11.6 Å². The molecule has 18 heavy (non-hydrogen) atoms. The fraction of sp³-hybridized carbons (Fsp3) is 0.0769. The van der Waals surface area contributed by atoms with E-state index in [1.54, 1.807) is 4.52 Å². The summed E-state index contributed by atoms with van der Waals surface area (Å²) in [4.78, 5) is 4.47. The van der Waals surface area contributed by atoms with E-state index >= 15 is 0 Å². The van der Waals surface area contributed by atoms with Crippen LogP contribution in [0.1, 0.15) is 5.56 Å². The molecular formula is C13H11ClN4. The summed E-state index contributed by atoms with van der Waals surface area (Å²) in [5.41, 5.74) is 8.38. The van der Waals surface area contributed by atoms with Crippen LogP contribution in [0.3, 0.4) is 0 Å². The van der Waals surface area contributed by atoms with Crippen molar-refractivity contribution in [3.8, 4) is 11.4 Å². The zero-order valence-corrected chi connectivity index (χ0v) is 10.3. The summed E-state index contributed by atoms with van der Waals surface area (Å²) in [6.45, 7) is 0.500. The second kappa shape index (κ2) is 4.40. The Bertz CT molecular complexity index is 688. The van der Waals surface area contributed by atoms with Crippen molar-refractivity contribution in [1.82, 2.24) is 14.6 Å². The first kappa shape index (κ1) is 11.2. The minimum atomic E-state index is 0.500. The molecule has 0 aliphatic rings. The van der Waals surface area contributed by atoms with E-state index < -0.39 is 0 Å². The van der Waals surface area contributed by atoms with Crippen LogP contribution in [0.4, 0.5) is 0 Å². The Balaban J connectivity index is 2.10. The standard InChI is InChI=1S/C13H11ClN4/c14-11-3-1-10(2-4-11)13-16-12-7-9(8-15)5-6-18(12)17-13/h1-7H,8,15H2. The maximum absolute atomic E-state index is 5.86. The van der Waals surface area contributed by atoms with Crippen molar-refractivity contribution in [3.05, 3.63) is 53.2 Å². The van der Waals surface area contributed by atoms with Crippen molar-refractivity contribution in [1.29, 1.82) is 0 Å². The van der Waals surface area contributed by atoms with E-state index in [9.17, 15) is 0 Å². The molecule has 0 atom stereocenters. The number of nitrogens with zero attached hydrogens (tertiary/aromatic N) is 3. The van der Waals surface area contributed by atoms with Crippen LogP contribution < -0.4 is 5.73 Å². The van der Waals surface area contributed by atoms with Crippen molar-refractivity contribution in [2.24, 2.45) is 5.73 Å². The Morgan fingerprint density at radius 3 is 2.67 bits per heavy atom. The number of aromatic nitrogens is 3. The van der Waals surface area contributed by atoms with Crippen LogP contribution in [0.5, 0.6) is 0 Å². The smallest absolute Gasteiger partial charge is 0.182 e. The number of rotatable bonds is 2. The zero-order valence-electron chi connectivity index (χ0n) is 9.55. The van der Waals surface area contributed by atoms with Gasteiger partial charge in [0.25, 0.3) is 0 Å². The van der Waals surface area contributed by atoms with Crippen molar-refractivity contribution in [2.45, 2.75) is 6.54 Å². The third-order valence-electron chi connectivity index (χ3n) is 2.74. The largest absolute Gasteiger partial charge is 0.326 e. The van der Waals surface area contributed by atoms with Crippen molar-refractivity contribution >= 4 is 17.2 Å². The van der Waals surface area contributed by atoms with E-state index in [2.05, 4.69) is 10.1 Å². The SMILES string of the molecule is NCc1ccn2nc(-c3ccc(Cl)cc3)nc2c1. The van der Waals surface area contributed by atoms with Gasteiger partial charge >= 0.3 is 0 Å². The van der Waals surface area contributed by atoms with Gasteiger partial charge in [0.1, 0.15) is 0 Å². The molecule has 90 valence electrons. The Morgan fingerprint density at radius 2 is 1.94 bits per heavy atom. The molecule has 2 N–H and O–H groups in total. The Hall–Kier alpha value is -1.91. The summed E-state index contributed by atoms with van der Waals surface area (Å²) in [6.07, 6.45) is 1.87. The molecule has 0 saturated carbocycles. The highest BCUT2D eigenvalue weighted by atomic mass is 35.5. The first-order chi connectivity index (χ1) is 8.76. The van der Waals surface area contributed by atoms with E-state index in [0.717, 1.165) is 16.8 Å². The van der Waals surface area contributed by atoms with Crippen LogP contribution in [0.25, 0.3) is 17.0 Å². The molecule has 5 heteroatoms. The molecule has 0 fully saturated rings. The fourth-order valence-electron chi connectivity index (χ4n) is 1.77. The lowest BCUT2D eigenvalue weighted by Crippen LogP contribution is -1.97. The maximum Gasteiger partial charge on any atom is 0.182 e. The molecule has 4 nitrogen and oxygen atoms in total. The summed E-state index contributed by atoms with van der Waals surface area (Å²) in [5, 5.41) is 5.11. The van der Waals surface area contributed by atoms with Gasteiger partial charge in [0.05, 0.1) is 0 Å². The molecule has 0 aliphatic carbocycles. The fourth-order valence-corrected chi connectivity index (χ4v) is 1.90.